The van der Waals surface area contributed by atoms with Gasteiger partial charge >= 0.3 is 5.82 Å². The van der Waals surface area contributed by atoms with Gasteiger partial charge in [0, 0.05) is 6.07 Å². The lowest BCUT2D eigenvalue weighted by Gasteiger charge is -2.14. The second-order valence-corrected chi connectivity index (χ2v) is 5.14. The number of halogens is 1. The summed E-state index contributed by atoms with van der Waals surface area (Å²) in [5.41, 5.74) is 1.35. The first-order valence-electron chi connectivity index (χ1n) is 5.98. The van der Waals surface area contributed by atoms with Crippen LogP contribution in [-0.2, 0) is 0 Å². The van der Waals surface area contributed by atoms with E-state index in [-0.39, 0.29) is 11.6 Å². The highest BCUT2D eigenvalue weighted by Crippen LogP contribution is 2.31. The van der Waals surface area contributed by atoms with Crippen LogP contribution in [0.3, 0.4) is 0 Å². The molecule has 0 spiro atoms. The van der Waals surface area contributed by atoms with Crippen LogP contribution in [0.15, 0.2) is 41.0 Å². The molecule has 0 aliphatic rings. The summed E-state index contributed by atoms with van der Waals surface area (Å²) in [6.45, 7) is 1.77. The molecule has 0 saturated carbocycles. The number of nitriles is 1. The lowest BCUT2D eigenvalue weighted by molar-refractivity contribution is -0.390. The van der Waals surface area contributed by atoms with E-state index in [9.17, 15) is 10.1 Å². The maximum Gasteiger partial charge on any atom is 0.406 e. The van der Waals surface area contributed by atoms with Gasteiger partial charge in [-0.15, -0.1) is 0 Å². The number of pyridine rings is 1. The molecule has 0 saturated heterocycles. The van der Waals surface area contributed by atoms with E-state index in [1.165, 1.54) is 12.3 Å². The van der Waals surface area contributed by atoms with Gasteiger partial charge in [-0.25, -0.2) is 0 Å². The Morgan fingerprint density at radius 3 is 2.67 bits per heavy atom. The molecule has 6 nitrogen and oxygen atoms in total. The van der Waals surface area contributed by atoms with Crippen LogP contribution in [0.25, 0.3) is 0 Å². The van der Waals surface area contributed by atoms with Crippen LogP contribution in [0.1, 0.15) is 24.2 Å². The molecule has 1 atom stereocenters. The second kappa shape index (κ2) is 6.33. The lowest BCUT2D eigenvalue weighted by atomic mass is 10.1. The Hall–Kier alpha value is -2.46. The molecule has 2 rings (SSSR count). The number of nitro groups is 1. The van der Waals surface area contributed by atoms with Gasteiger partial charge in [0.15, 0.2) is 6.20 Å². The van der Waals surface area contributed by atoms with Crippen molar-refractivity contribution >= 4 is 21.7 Å². The second-order valence-electron chi connectivity index (χ2n) is 4.23. The van der Waals surface area contributed by atoms with Gasteiger partial charge in [-0.1, -0.05) is 12.1 Å². The number of hydrogen-bond donors (Lipinski definition) is 0. The Morgan fingerprint density at radius 1 is 1.43 bits per heavy atom. The molecule has 0 fully saturated rings. The fraction of sp³-hybridized carbons (Fsp3) is 0.143. The van der Waals surface area contributed by atoms with Crippen molar-refractivity contribution in [3.63, 3.8) is 0 Å². The van der Waals surface area contributed by atoms with Crippen molar-refractivity contribution in [3.05, 3.63) is 62.2 Å². The monoisotopic (exact) mass is 347 g/mol. The quantitative estimate of drug-likeness (QED) is 0.620. The first-order valence-corrected chi connectivity index (χ1v) is 6.77. The van der Waals surface area contributed by atoms with Crippen LogP contribution >= 0.6 is 15.9 Å². The minimum atomic E-state index is -0.590. The van der Waals surface area contributed by atoms with Crippen molar-refractivity contribution in [2.24, 2.45) is 0 Å². The maximum atomic E-state index is 10.9. The molecule has 21 heavy (non-hydrogen) atoms. The summed E-state index contributed by atoms with van der Waals surface area (Å²) in [5, 5.41) is 19.7. The molecular formula is C14H10BrN3O3. The van der Waals surface area contributed by atoms with E-state index in [0.29, 0.717) is 10.0 Å². The molecule has 7 heteroatoms. The summed E-state index contributed by atoms with van der Waals surface area (Å²) in [5.74, 6) is -0.245. The summed E-state index contributed by atoms with van der Waals surface area (Å²) in [6.07, 6.45) is 0.935. The predicted molar refractivity (Wildman–Crippen MR) is 78.8 cm³/mol. The Morgan fingerprint density at radius 2 is 2.10 bits per heavy atom. The molecule has 1 aromatic carbocycles. The number of hydrogen-bond acceptors (Lipinski definition) is 5. The zero-order chi connectivity index (χ0) is 15.4. The van der Waals surface area contributed by atoms with E-state index in [1.807, 2.05) is 6.07 Å². The Labute approximate surface area is 129 Å². The summed E-state index contributed by atoms with van der Waals surface area (Å²) in [7, 11) is 0. The van der Waals surface area contributed by atoms with Gasteiger partial charge in [0.2, 0.25) is 5.75 Å². The summed E-state index contributed by atoms with van der Waals surface area (Å²) < 4.78 is 6.22. The molecule has 0 unspecified atom stereocenters. The number of nitrogens with zero attached hydrogens (tertiary/aromatic N) is 3. The standard InChI is InChI=1S/C14H10BrN3O3/c1-9(11-4-2-10(7-16)3-5-11)21-13-6-12(15)8-17-14(13)18(19)20/h2-6,8-9H,1H3/t9-/m0/s1. The molecule has 1 aromatic heterocycles. The molecule has 0 radical (unpaired) electrons. The van der Waals surface area contributed by atoms with E-state index in [4.69, 9.17) is 10.00 Å². The highest BCUT2D eigenvalue weighted by molar-refractivity contribution is 9.10. The van der Waals surface area contributed by atoms with Gasteiger partial charge in [-0.3, -0.25) is 0 Å². The normalized spacial score (nSPS) is 11.5. The smallest absolute Gasteiger partial charge is 0.406 e. The van der Waals surface area contributed by atoms with Crippen LogP contribution in [0, 0.1) is 21.4 Å². The van der Waals surface area contributed by atoms with Crippen molar-refractivity contribution < 1.29 is 9.66 Å². The topological polar surface area (TPSA) is 89.1 Å². The average Bonchev–Trinajstić information content (AvgIpc) is 2.47. The lowest BCUT2D eigenvalue weighted by Crippen LogP contribution is -2.06. The summed E-state index contributed by atoms with van der Waals surface area (Å²) in [4.78, 5) is 14.1. The van der Waals surface area contributed by atoms with Crippen LogP contribution in [0.2, 0.25) is 0 Å². The number of benzene rings is 1. The van der Waals surface area contributed by atoms with E-state index < -0.39 is 11.0 Å². The first-order chi connectivity index (χ1) is 10.0. The highest BCUT2D eigenvalue weighted by atomic mass is 79.9. The zero-order valence-electron chi connectivity index (χ0n) is 11.0. The fourth-order valence-corrected chi connectivity index (χ4v) is 2.03. The van der Waals surface area contributed by atoms with Crippen molar-refractivity contribution in [3.8, 4) is 11.8 Å². The average molecular weight is 348 g/mol. The molecule has 0 N–H and O–H groups in total. The minimum absolute atomic E-state index is 0.0891. The molecule has 0 bridgehead atoms. The third-order valence-electron chi connectivity index (χ3n) is 2.79. The van der Waals surface area contributed by atoms with Crippen LogP contribution in [0.5, 0.6) is 5.75 Å². The molecule has 0 aliphatic heterocycles. The number of ether oxygens (including phenoxy) is 1. The maximum absolute atomic E-state index is 10.9. The van der Waals surface area contributed by atoms with Gasteiger partial charge in [0.05, 0.1) is 16.1 Å². The predicted octanol–water partition coefficient (Wildman–Crippen LogP) is 3.76. The Bertz CT molecular complexity index is 710. The van der Waals surface area contributed by atoms with Crippen LogP contribution in [-0.4, -0.2) is 9.91 Å². The fourth-order valence-electron chi connectivity index (χ4n) is 1.72. The third kappa shape index (κ3) is 3.55. The Kier molecular flexibility index (Phi) is 4.50. The third-order valence-corrected chi connectivity index (χ3v) is 3.22. The first kappa shape index (κ1) is 14.9. The number of rotatable bonds is 4. The summed E-state index contributed by atoms with van der Waals surface area (Å²) in [6, 6.07) is 10.4. The largest absolute Gasteiger partial charge is 0.478 e. The van der Waals surface area contributed by atoms with Crippen molar-refractivity contribution in [1.29, 1.82) is 5.26 Å². The van der Waals surface area contributed by atoms with Gasteiger partial charge in [-0.05, 0) is 50.5 Å². The zero-order valence-corrected chi connectivity index (χ0v) is 12.6. The van der Waals surface area contributed by atoms with Gasteiger partial charge in [0.25, 0.3) is 0 Å². The molecule has 0 aliphatic carbocycles. The van der Waals surface area contributed by atoms with E-state index >= 15 is 0 Å². The minimum Gasteiger partial charge on any atom is -0.478 e. The molecule has 106 valence electrons. The highest BCUT2D eigenvalue weighted by Gasteiger charge is 2.20. The van der Waals surface area contributed by atoms with Gasteiger partial charge < -0.3 is 14.9 Å². The molecule has 1 heterocycles. The summed E-state index contributed by atoms with van der Waals surface area (Å²) >= 11 is 3.21. The van der Waals surface area contributed by atoms with E-state index in [1.54, 1.807) is 31.2 Å². The van der Waals surface area contributed by atoms with Gasteiger partial charge in [0.1, 0.15) is 6.10 Å². The van der Waals surface area contributed by atoms with Gasteiger partial charge in [-0.2, -0.15) is 5.26 Å². The van der Waals surface area contributed by atoms with Crippen molar-refractivity contribution in [1.82, 2.24) is 4.98 Å². The Balaban J connectivity index is 2.26. The van der Waals surface area contributed by atoms with Crippen LogP contribution < -0.4 is 4.74 Å². The van der Waals surface area contributed by atoms with Crippen LogP contribution in [0.4, 0.5) is 5.82 Å². The van der Waals surface area contributed by atoms with Crippen molar-refractivity contribution in [2.45, 2.75) is 13.0 Å². The number of aromatic nitrogens is 1. The molecular weight excluding hydrogens is 338 g/mol. The van der Waals surface area contributed by atoms with E-state index in [2.05, 4.69) is 20.9 Å². The van der Waals surface area contributed by atoms with Crippen molar-refractivity contribution in [2.75, 3.05) is 0 Å². The molecule has 2 aromatic rings. The molecule has 0 amide bonds. The van der Waals surface area contributed by atoms with E-state index in [0.717, 1.165) is 5.56 Å². The SMILES string of the molecule is C[C@H](Oc1cc(Br)cnc1[N+](=O)[O-])c1ccc(C#N)cc1.